The number of nitrogens with zero attached hydrogens (tertiary/aromatic N) is 1. The predicted octanol–water partition coefficient (Wildman–Crippen LogP) is 1.72. The van der Waals surface area contributed by atoms with Crippen LogP contribution in [0.2, 0.25) is 0 Å². The number of rotatable bonds is 2. The SMILES string of the molecule is O=C(CCO)N1CCc2c(Br)cccc21. The molecule has 1 heterocycles. The van der Waals surface area contributed by atoms with Crippen LogP contribution in [0.5, 0.6) is 0 Å². The van der Waals surface area contributed by atoms with Gasteiger partial charge < -0.3 is 10.0 Å². The van der Waals surface area contributed by atoms with Gasteiger partial charge in [-0.3, -0.25) is 4.79 Å². The Balaban J connectivity index is 2.29. The van der Waals surface area contributed by atoms with Crippen molar-refractivity contribution in [3.63, 3.8) is 0 Å². The average Bonchev–Trinajstić information content (AvgIpc) is 2.63. The lowest BCUT2D eigenvalue weighted by molar-refractivity contribution is -0.119. The molecule has 15 heavy (non-hydrogen) atoms. The number of carbonyl (C=O) groups is 1. The molecule has 0 bridgehead atoms. The Kier molecular flexibility index (Phi) is 3.07. The molecule has 0 saturated carbocycles. The number of fused-ring (bicyclic) bond motifs is 1. The zero-order valence-electron chi connectivity index (χ0n) is 8.24. The summed E-state index contributed by atoms with van der Waals surface area (Å²) in [6.07, 6.45) is 1.08. The molecule has 3 nitrogen and oxygen atoms in total. The molecular weight excluding hydrogens is 258 g/mol. The summed E-state index contributed by atoms with van der Waals surface area (Å²) in [6.45, 7) is 0.634. The summed E-state index contributed by atoms with van der Waals surface area (Å²) < 4.78 is 1.05. The lowest BCUT2D eigenvalue weighted by Gasteiger charge is -2.16. The minimum Gasteiger partial charge on any atom is -0.396 e. The summed E-state index contributed by atoms with van der Waals surface area (Å²) in [5.74, 6) is -0.00523. The van der Waals surface area contributed by atoms with Gasteiger partial charge in [0, 0.05) is 16.7 Å². The predicted molar refractivity (Wildman–Crippen MR) is 61.9 cm³/mol. The fourth-order valence-corrected chi connectivity index (χ4v) is 2.44. The highest BCUT2D eigenvalue weighted by molar-refractivity contribution is 9.10. The highest BCUT2D eigenvalue weighted by Crippen LogP contribution is 2.33. The van der Waals surface area contributed by atoms with E-state index < -0.39 is 0 Å². The van der Waals surface area contributed by atoms with Crippen LogP contribution in [-0.4, -0.2) is 24.2 Å². The van der Waals surface area contributed by atoms with Crippen molar-refractivity contribution in [3.05, 3.63) is 28.2 Å². The number of anilines is 1. The molecule has 0 atom stereocenters. The lowest BCUT2D eigenvalue weighted by Crippen LogP contribution is -2.29. The number of benzene rings is 1. The van der Waals surface area contributed by atoms with Gasteiger partial charge >= 0.3 is 0 Å². The number of hydrogen-bond donors (Lipinski definition) is 1. The summed E-state index contributed by atoms with van der Waals surface area (Å²) in [4.78, 5) is 13.4. The summed E-state index contributed by atoms with van der Waals surface area (Å²) in [7, 11) is 0. The quantitative estimate of drug-likeness (QED) is 0.889. The Hall–Kier alpha value is -0.870. The first-order valence-corrected chi connectivity index (χ1v) is 5.72. The maximum atomic E-state index is 11.7. The number of amides is 1. The fraction of sp³-hybridized carbons (Fsp3) is 0.364. The van der Waals surface area contributed by atoms with Crippen LogP contribution in [0, 0.1) is 0 Å². The van der Waals surface area contributed by atoms with Crippen molar-refractivity contribution in [1.82, 2.24) is 0 Å². The van der Waals surface area contributed by atoms with Crippen LogP contribution in [0.4, 0.5) is 5.69 Å². The molecule has 0 fully saturated rings. The van der Waals surface area contributed by atoms with Gasteiger partial charge in [0.1, 0.15) is 0 Å². The third-order valence-electron chi connectivity index (χ3n) is 2.60. The van der Waals surface area contributed by atoms with Crippen molar-refractivity contribution in [2.45, 2.75) is 12.8 Å². The smallest absolute Gasteiger partial charge is 0.229 e. The number of carbonyl (C=O) groups excluding carboxylic acids is 1. The van der Waals surface area contributed by atoms with Crippen LogP contribution < -0.4 is 4.90 Å². The van der Waals surface area contributed by atoms with Crippen LogP contribution in [0.3, 0.4) is 0 Å². The summed E-state index contributed by atoms with van der Waals surface area (Å²) in [6, 6.07) is 5.86. The van der Waals surface area contributed by atoms with E-state index in [1.54, 1.807) is 4.90 Å². The summed E-state index contributed by atoms with van der Waals surface area (Å²) in [5, 5.41) is 8.74. The van der Waals surface area contributed by atoms with Gasteiger partial charge in [-0.15, -0.1) is 0 Å². The molecule has 1 aliphatic heterocycles. The van der Waals surface area contributed by atoms with Crippen molar-refractivity contribution in [1.29, 1.82) is 0 Å². The molecule has 1 N–H and O–H groups in total. The van der Waals surface area contributed by atoms with Crippen LogP contribution >= 0.6 is 15.9 Å². The van der Waals surface area contributed by atoms with Gasteiger partial charge in [0.2, 0.25) is 5.91 Å². The highest BCUT2D eigenvalue weighted by atomic mass is 79.9. The van der Waals surface area contributed by atoms with E-state index in [1.165, 1.54) is 5.56 Å². The molecule has 1 aliphatic rings. The van der Waals surface area contributed by atoms with E-state index in [0.29, 0.717) is 0 Å². The second kappa shape index (κ2) is 4.33. The highest BCUT2D eigenvalue weighted by Gasteiger charge is 2.25. The van der Waals surface area contributed by atoms with Crippen molar-refractivity contribution in [2.24, 2.45) is 0 Å². The Labute approximate surface area is 96.8 Å². The van der Waals surface area contributed by atoms with Crippen LogP contribution in [0.25, 0.3) is 0 Å². The van der Waals surface area contributed by atoms with Gasteiger partial charge in [0.25, 0.3) is 0 Å². The Morgan fingerprint density at radius 2 is 2.33 bits per heavy atom. The second-order valence-corrected chi connectivity index (χ2v) is 4.36. The van der Waals surface area contributed by atoms with Crippen LogP contribution in [0.15, 0.2) is 22.7 Å². The zero-order valence-corrected chi connectivity index (χ0v) is 9.83. The minimum absolute atomic E-state index is 0.00523. The first-order chi connectivity index (χ1) is 7.24. The van der Waals surface area contributed by atoms with Gasteiger partial charge in [-0.05, 0) is 24.1 Å². The van der Waals surface area contributed by atoms with Crippen molar-refractivity contribution >= 4 is 27.5 Å². The molecule has 0 spiro atoms. The van der Waals surface area contributed by atoms with E-state index >= 15 is 0 Å². The molecule has 0 saturated heterocycles. The minimum atomic E-state index is -0.0847. The molecule has 80 valence electrons. The molecule has 1 aromatic rings. The number of aliphatic hydroxyl groups is 1. The second-order valence-electron chi connectivity index (χ2n) is 3.51. The topological polar surface area (TPSA) is 40.5 Å². The monoisotopic (exact) mass is 269 g/mol. The van der Waals surface area contributed by atoms with E-state index in [2.05, 4.69) is 15.9 Å². The van der Waals surface area contributed by atoms with Gasteiger partial charge in [0.05, 0.1) is 13.0 Å². The van der Waals surface area contributed by atoms with Crippen LogP contribution in [0.1, 0.15) is 12.0 Å². The third kappa shape index (κ3) is 1.92. The third-order valence-corrected chi connectivity index (χ3v) is 3.34. The number of hydrogen-bond acceptors (Lipinski definition) is 2. The fourth-order valence-electron chi connectivity index (χ4n) is 1.88. The molecule has 0 aliphatic carbocycles. The van der Waals surface area contributed by atoms with Gasteiger partial charge in [0.15, 0.2) is 0 Å². The molecule has 0 aromatic heterocycles. The molecule has 2 rings (SSSR count). The number of halogens is 1. The van der Waals surface area contributed by atoms with E-state index in [1.807, 2.05) is 18.2 Å². The molecule has 0 unspecified atom stereocenters. The van der Waals surface area contributed by atoms with Crippen LogP contribution in [-0.2, 0) is 11.2 Å². The van der Waals surface area contributed by atoms with E-state index in [9.17, 15) is 4.79 Å². The van der Waals surface area contributed by atoms with Crippen molar-refractivity contribution < 1.29 is 9.90 Å². The Bertz CT molecular complexity index is 392. The standard InChI is InChI=1S/C11H12BrNO2/c12-9-2-1-3-10-8(9)4-6-13(10)11(15)5-7-14/h1-3,14H,4-7H2. The first kappa shape index (κ1) is 10.6. The molecule has 0 radical (unpaired) electrons. The summed E-state index contributed by atoms with van der Waals surface area (Å²) >= 11 is 3.48. The first-order valence-electron chi connectivity index (χ1n) is 4.92. The van der Waals surface area contributed by atoms with Gasteiger partial charge in [-0.25, -0.2) is 0 Å². The molecule has 4 heteroatoms. The van der Waals surface area contributed by atoms with E-state index in [-0.39, 0.29) is 18.9 Å². The molecule has 1 amide bonds. The van der Waals surface area contributed by atoms with E-state index in [0.717, 1.165) is 23.1 Å². The zero-order chi connectivity index (χ0) is 10.8. The summed E-state index contributed by atoms with van der Waals surface area (Å²) in [5.41, 5.74) is 2.16. The van der Waals surface area contributed by atoms with Gasteiger partial charge in [-0.1, -0.05) is 22.0 Å². The maximum Gasteiger partial charge on any atom is 0.229 e. The average molecular weight is 270 g/mol. The van der Waals surface area contributed by atoms with Crippen molar-refractivity contribution in [2.75, 3.05) is 18.1 Å². The largest absolute Gasteiger partial charge is 0.396 e. The lowest BCUT2D eigenvalue weighted by atomic mass is 10.2. The molecular formula is C11H12BrNO2. The maximum absolute atomic E-state index is 11.7. The Morgan fingerprint density at radius 1 is 1.53 bits per heavy atom. The number of aliphatic hydroxyl groups excluding tert-OH is 1. The molecule has 1 aromatic carbocycles. The van der Waals surface area contributed by atoms with Gasteiger partial charge in [-0.2, -0.15) is 0 Å². The Morgan fingerprint density at radius 3 is 3.07 bits per heavy atom. The van der Waals surface area contributed by atoms with E-state index in [4.69, 9.17) is 5.11 Å². The normalized spacial score (nSPS) is 14.1. The van der Waals surface area contributed by atoms with Crippen molar-refractivity contribution in [3.8, 4) is 0 Å².